The molecule has 1 heterocycles. The standard InChI is InChI=1S/C21H14BrClFN3O2/c22-11-8-15-18(17(9-11)26-21(29)25-13-4-2-1-3-5-13)19(27-20(15)28)14-10-12(24)6-7-16(14)23/h1-10,19H,(H,27,28)(H2,25,26,29)/t19-/m0/s1. The molecule has 3 amide bonds. The molecule has 0 aromatic heterocycles. The average molecular weight is 475 g/mol. The van der Waals surface area contributed by atoms with Gasteiger partial charge >= 0.3 is 6.03 Å². The second kappa shape index (κ2) is 7.85. The first-order valence-corrected chi connectivity index (χ1v) is 9.82. The van der Waals surface area contributed by atoms with Gasteiger partial charge in [-0.3, -0.25) is 4.79 Å². The lowest BCUT2D eigenvalue weighted by molar-refractivity contribution is 0.0960. The Balaban J connectivity index is 1.73. The summed E-state index contributed by atoms with van der Waals surface area (Å²) in [6, 6.07) is 15.1. The van der Waals surface area contributed by atoms with E-state index in [9.17, 15) is 14.0 Å². The number of amides is 3. The Hall–Kier alpha value is -2.90. The van der Waals surface area contributed by atoms with Crippen LogP contribution in [0.5, 0.6) is 0 Å². The molecule has 8 heteroatoms. The molecule has 4 rings (SSSR count). The predicted molar refractivity (Wildman–Crippen MR) is 114 cm³/mol. The molecule has 1 atom stereocenters. The molecule has 0 radical (unpaired) electrons. The minimum atomic E-state index is -0.694. The number of benzene rings is 3. The summed E-state index contributed by atoms with van der Waals surface area (Å²) in [6.45, 7) is 0. The zero-order chi connectivity index (χ0) is 20.5. The van der Waals surface area contributed by atoms with Crippen LogP contribution in [0.25, 0.3) is 0 Å². The van der Waals surface area contributed by atoms with Gasteiger partial charge in [0.1, 0.15) is 5.82 Å². The number of anilines is 2. The van der Waals surface area contributed by atoms with Gasteiger partial charge in [0.15, 0.2) is 0 Å². The van der Waals surface area contributed by atoms with Crippen molar-refractivity contribution in [3.8, 4) is 0 Å². The SMILES string of the molecule is O=C(Nc1ccccc1)Nc1cc(Br)cc2c1[C@H](c1cc(F)ccc1Cl)NC2=O. The van der Waals surface area contributed by atoms with Gasteiger partial charge in [-0.15, -0.1) is 0 Å². The third kappa shape index (κ3) is 3.97. The van der Waals surface area contributed by atoms with Gasteiger partial charge in [0, 0.05) is 37.6 Å². The average Bonchev–Trinajstić information content (AvgIpc) is 3.01. The second-order valence-electron chi connectivity index (χ2n) is 6.43. The van der Waals surface area contributed by atoms with E-state index in [1.165, 1.54) is 18.2 Å². The van der Waals surface area contributed by atoms with Crippen LogP contribution in [-0.2, 0) is 0 Å². The molecular weight excluding hydrogens is 461 g/mol. The van der Waals surface area contributed by atoms with E-state index in [1.54, 1.807) is 36.4 Å². The molecule has 0 saturated heterocycles. The maximum Gasteiger partial charge on any atom is 0.323 e. The van der Waals surface area contributed by atoms with E-state index < -0.39 is 17.9 Å². The quantitative estimate of drug-likeness (QED) is 0.454. The summed E-state index contributed by atoms with van der Waals surface area (Å²) in [7, 11) is 0. The van der Waals surface area contributed by atoms with Crippen molar-refractivity contribution in [2.24, 2.45) is 0 Å². The van der Waals surface area contributed by atoms with Gasteiger partial charge in [0.25, 0.3) is 5.91 Å². The molecule has 146 valence electrons. The predicted octanol–water partition coefficient (Wildman–Crippen LogP) is 5.72. The lowest BCUT2D eigenvalue weighted by atomic mass is 9.96. The van der Waals surface area contributed by atoms with Crippen LogP contribution in [0.3, 0.4) is 0 Å². The van der Waals surface area contributed by atoms with Crippen LogP contribution in [0.1, 0.15) is 27.5 Å². The van der Waals surface area contributed by atoms with Crippen LogP contribution in [0.2, 0.25) is 5.02 Å². The number of urea groups is 1. The van der Waals surface area contributed by atoms with E-state index in [1.807, 2.05) is 6.07 Å². The lowest BCUT2D eigenvalue weighted by Crippen LogP contribution is -2.22. The lowest BCUT2D eigenvalue weighted by Gasteiger charge is -2.18. The summed E-state index contributed by atoms with van der Waals surface area (Å²) in [6.07, 6.45) is 0. The molecule has 0 spiro atoms. The zero-order valence-corrected chi connectivity index (χ0v) is 17.1. The van der Waals surface area contributed by atoms with E-state index in [0.717, 1.165) is 0 Å². The van der Waals surface area contributed by atoms with Gasteiger partial charge in [0.2, 0.25) is 0 Å². The Labute approximate surface area is 179 Å². The fourth-order valence-electron chi connectivity index (χ4n) is 3.28. The molecule has 0 aliphatic carbocycles. The van der Waals surface area contributed by atoms with Gasteiger partial charge in [-0.05, 0) is 42.5 Å². The molecule has 3 aromatic rings. The molecule has 1 aliphatic heterocycles. The van der Waals surface area contributed by atoms with Gasteiger partial charge in [-0.2, -0.15) is 0 Å². The highest BCUT2D eigenvalue weighted by Crippen LogP contribution is 2.40. The van der Waals surface area contributed by atoms with Crippen molar-refractivity contribution in [2.75, 3.05) is 10.6 Å². The van der Waals surface area contributed by atoms with Crippen LogP contribution >= 0.6 is 27.5 Å². The fourth-order valence-corrected chi connectivity index (χ4v) is 3.96. The van der Waals surface area contributed by atoms with Crippen molar-refractivity contribution in [1.29, 1.82) is 0 Å². The molecular formula is C21H14BrClFN3O2. The molecule has 0 fully saturated rings. The van der Waals surface area contributed by atoms with Crippen molar-refractivity contribution in [3.63, 3.8) is 0 Å². The summed E-state index contributed by atoms with van der Waals surface area (Å²) in [5, 5.41) is 8.63. The largest absolute Gasteiger partial charge is 0.341 e. The highest BCUT2D eigenvalue weighted by Gasteiger charge is 2.34. The first-order valence-electron chi connectivity index (χ1n) is 8.64. The van der Waals surface area contributed by atoms with Crippen molar-refractivity contribution < 1.29 is 14.0 Å². The zero-order valence-electron chi connectivity index (χ0n) is 14.8. The molecule has 0 saturated carbocycles. The van der Waals surface area contributed by atoms with E-state index in [0.29, 0.717) is 37.6 Å². The third-order valence-corrected chi connectivity index (χ3v) is 5.30. The van der Waals surface area contributed by atoms with E-state index in [4.69, 9.17) is 11.6 Å². The molecule has 29 heavy (non-hydrogen) atoms. The van der Waals surface area contributed by atoms with Gasteiger partial charge in [-0.25, -0.2) is 9.18 Å². The molecule has 1 aliphatic rings. The smallest absolute Gasteiger partial charge is 0.323 e. The summed E-state index contributed by atoms with van der Waals surface area (Å²) in [5.41, 5.74) is 2.34. The number of rotatable bonds is 3. The summed E-state index contributed by atoms with van der Waals surface area (Å²) < 4.78 is 14.5. The van der Waals surface area contributed by atoms with E-state index in [2.05, 4.69) is 31.9 Å². The van der Waals surface area contributed by atoms with Crippen LogP contribution in [0, 0.1) is 5.82 Å². The number of fused-ring (bicyclic) bond motifs is 1. The van der Waals surface area contributed by atoms with E-state index >= 15 is 0 Å². The molecule has 0 bridgehead atoms. The molecule has 3 aromatic carbocycles. The maximum absolute atomic E-state index is 13.8. The Morgan fingerprint density at radius 1 is 1.07 bits per heavy atom. The summed E-state index contributed by atoms with van der Waals surface area (Å²) >= 11 is 9.62. The first kappa shape index (κ1) is 19.4. The number of hydrogen-bond donors (Lipinski definition) is 3. The van der Waals surface area contributed by atoms with Crippen LogP contribution in [-0.4, -0.2) is 11.9 Å². The second-order valence-corrected chi connectivity index (χ2v) is 7.75. The number of carbonyl (C=O) groups is 2. The number of nitrogens with one attached hydrogen (secondary N) is 3. The Kier molecular flexibility index (Phi) is 5.25. The molecule has 0 unspecified atom stereocenters. The van der Waals surface area contributed by atoms with Crippen LogP contribution in [0.15, 0.2) is 65.1 Å². The minimum Gasteiger partial charge on any atom is -0.341 e. The summed E-state index contributed by atoms with van der Waals surface area (Å²) in [5.74, 6) is -0.807. The highest BCUT2D eigenvalue weighted by molar-refractivity contribution is 9.10. The maximum atomic E-state index is 13.8. The fraction of sp³-hybridized carbons (Fsp3) is 0.0476. The number of hydrogen-bond acceptors (Lipinski definition) is 2. The molecule has 3 N–H and O–H groups in total. The Morgan fingerprint density at radius 3 is 2.59 bits per heavy atom. The van der Waals surface area contributed by atoms with Gasteiger partial charge < -0.3 is 16.0 Å². The van der Waals surface area contributed by atoms with Crippen molar-refractivity contribution in [1.82, 2.24) is 5.32 Å². The number of carbonyl (C=O) groups excluding carboxylic acids is 2. The van der Waals surface area contributed by atoms with E-state index in [-0.39, 0.29) is 5.91 Å². The van der Waals surface area contributed by atoms with Crippen molar-refractivity contribution in [3.05, 3.63) is 92.7 Å². The van der Waals surface area contributed by atoms with Crippen LogP contribution < -0.4 is 16.0 Å². The molecule has 5 nitrogen and oxygen atoms in total. The van der Waals surface area contributed by atoms with Crippen molar-refractivity contribution in [2.45, 2.75) is 6.04 Å². The third-order valence-electron chi connectivity index (χ3n) is 4.50. The number of para-hydroxylation sites is 1. The first-order chi connectivity index (χ1) is 13.9. The van der Waals surface area contributed by atoms with Crippen molar-refractivity contribution >= 4 is 50.8 Å². The Bertz CT molecular complexity index is 1120. The number of halogens is 3. The minimum absolute atomic E-state index is 0.312. The topological polar surface area (TPSA) is 70.2 Å². The Morgan fingerprint density at radius 2 is 1.83 bits per heavy atom. The monoisotopic (exact) mass is 473 g/mol. The van der Waals surface area contributed by atoms with Gasteiger partial charge in [0.05, 0.1) is 6.04 Å². The highest BCUT2D eigenvalue weighted by atomic mass is 79.9. The van der Waals surface area contributed by atoms with Gasteiger partial charge in [-0.1, -0.05) is 45.7 Å². The summed E-state index contributed by atoms with van der Waals surface area (Å²) in [4.78, 5) is 25.0. The van der Waals surface area contributed by atoms with Crippen LogP contribution in [0.4, 0.5) is 20.6 Å². The normalized spacial score (nSPS) is 14.9.